The van der Waals surface area contributed by atoms with Gasteiger partial charge in [-0.15, -0.1) is 0 Å². The average molecular weight is 194 g/mol. The maximum atomic E-state index is 11.1. The second-order valence-corrected chi connectivity index (χ2v) is 2.48. The number of rotatable bonds is 1. The molecular weight excluding hydrogens is 176 g/mol. The van der Waals surface area contributed by atoms with Gasteiger partial charge < -0.3 is 4.98 Å². The van der Waals surface area contributed by atoms with Gasteiger partial charge in [0.1, 0.15) is 0 Å². The Kier molecular flexibility index (Phi) is 5.37. The molecule has 0 unspecified atom stereocenters. The number of nitrogens with one attached hydrogen (secondary N) is 1. The third-order valence-corrected chi connectivity index (χ3v) is 1.74. The molecule has 1 N–H and O–H groups in total. The van der Waals surface area contributed by atoms with E-state index in [1.165, 1.54) is 0 Å². The quantitative estimate of drug-likeness (QED) is 0.695. The Labute approximate surface area is 84.1 Å². The largest absolute Gasteiger partial charge is 0.326 e. The summed E-state index contributed by atoms with van der Waals surface area (Å²) in [6.45, 7) is 9.46. The van der Waals surface area contributed by atoms with E-state index in [-0.39, 0.29) is 5.69 Å². The van der Waals surface area contributed by atoms with E-state index in [0.717, 1.165) is 10.7 Å². The first kappa shape index (κ1) is 12.5. The molecule has 0 aliphatic carbocycles. The van der Waals surface area contributed by atoms with Gasteiger partial charge in [0, 0.05) is 7.05 Å². The lowest BCUT2D eigenvalue weighted by Crippen LogP contribution is -2.29. The monoisotopic (exact) mass is 194 g/mol. The van der Waals surface area contributed by atoms with Crippen LogP contribution >= 0.6 is 0 Å². The molecule has 0 saturated heterocycles. The highest BCUT2D eigenvalue weighted by molar-refractivity contribution is 5.33. The lowest BCUT2D eigenvalue weighted by atomic mass is 10.4. The predicted molar refractivity (Wildman–Crippen MR) is 61.4 cm³/mol. The molecule has 3 nitrogen and oxygen atoms in total. The van der Waals surface area contributed by atoms with Crippen molar-refractivity contribution in [3.05, 3.63) is 33.8 Å². The van der Waals surface area contributed by atoms with Crippen molar-refractivity contribution in [3.63, 3.8) is 0 Å². The van der Waals surface area contributed by atoms with E-state index in [0.29, 0.717) is 0 Å². The molecule has 0 atom stereocenters. The fourth-order valence-corrected chi connectivity index (χ4v) is 1.15. The first-order valence-electron chi connectivity index (χ1n) is 4.74. The van der Waals surface area contributed by atoms with E-state index in [9.17, 15) is 4.79 Å². The van der Waals surface area contributed by atoms with Crippen molar-refractivity contribution >= 4 is 12.2 Å². The topological polar surface area (TPSA) is 37.8 Å². The van der Waals surface area contributed by atoms with Crippen LogP contribution in [0.25, 0.3) is 12.2 Å². The summed E-state index contributed by atoms with van der Waals surface area (Å²) in [6, 6.07) is 0. The number of allylic oxidation sites excluding steroid dienone is 1. The molecule has 0 bridgehead atoms. The summed E-state index contributed by atoms with van der Waals surface area (Å²) in [7, 11) is 1.73. The Bertz CT molecular complexity index is 449. The van der Waals surface area contributed by atoms with Crippen LogP contribution in [-0.2, 0) is 7.05 Å². The summed E-state index contributed by atoms with van der Waals surface area (Å²) in [4.78, 5) is 13.8. The molecule has 1 aromatic rings. The SMILES string of the molecule is C=C/C=c1/[nH]c(=O)n(C)/c1=C/C.CC. The van der Waals surface area contributed by atoms with Crippen molar-refractivity contribution in [2.24, 2.45) is 7.05 Å². The number of imidazole rings is 1. The second-order valence-electron chi connectivity index (χ2n) is 2.48. The van der Waals surface area contributed by atoms with Crippen LogP contribution in [0.1, 0.15) is 20.8 Å². The molecule has 0 fully saturated rings. The zero-order valence-corrected chi connectivity index (χ0v) is 9.29. The number of hydrogen-bond donors (Lipinski definition) is 1. The summed E-state index contributed by atoms with van der Waals surface area (Å²) < 4.78 is 1.56. The van der Waals surface area contributed by atoms with Crippen LogP contribution in [0.2, 0.25) is 0 Å². The van der Waals surface area contributed by atoms with Crippen molar-refractivity contribution in [2.75, 3.05) is 0 Å². The zero-order chi connectivity index (χ0) is 11.1. The van der Waals surface area contributed by atoms with Crippen LogP contribution in [0, 0.1) is 0 Å². The third-order valence-electron chi connectivity index (χ3n) is 1.74. The number of aromatic nitrogens is 2. The van der Waals surface area contributed by atoms with Gasteiger partial charge in [-0.1, -0.05) is 32.6 Å². The van der Waals surface area contributed by atoms with E-state index >= 15 is 0 Å². The van der Waals surface area contributed by atoms with Crippen LogP contribution in [-0.4, -0.2) is 9.55 Å². The summed E-state index contributed by atoms with van der Waals surface area (Å²) in [5.74, 6) is 0. The van der Waals surface area contributed by atoms with Gasteiger partial charge in [0.25, 0.3) is 0 Å². The van der Waals surface area contributed by atoms with Crippen LogP contribution in [0.15, 0.2) is 17.4 Å². The molecule has 0 aromatic carbocycles. The lowest BCUT2D eigenvalue weighted by molar-refractivity contribution is 0.835. The summed E-state index contributed by atoms with van der Waals surface area (Å²) in [6.07, 6.45) is 5.31. The molecule has 1 rings (SSSR count). The molecule has 0 aliphatic heterocycles. The first-order chi connectivity index (χ1) is 6.70. The molecule has 14 heavy (non-hydrogen) atoms. The molecule has 78 valence electrons. The minimum Gasteiger partial charge on any atom is -0.306 e. The number of hydrogen-bond acceptors (Lipinski definition) is 1. The highest BCUT2D eigenvalue weighted by Gasteiger charge is 1.93. The average Bonchev–Trinajstić information content (AvgIpc) is 2.46. The molecule has 1 heterocycles. The summed E-state index contributed by atoms with van der Waals surface area (Å²) >= 11 is 0. The van der Waals surface area contributed by atoms with Crippen molar-refractivity contribution in [2.45, 2.75) is 20.8 Å². The highest BCUT2D eigenvalue weighted by Crippen LogP contribution is 1.62. The molecule has 0 saturated carbocycles. The van der Waals surface area contributed by atoms with Crippen LogP contribution < -0.4 is 16.4 Å². The Balaban J connectivity index is 0.000000791. The Morgan fingerprint density at radius 1 is 1.43 bits per heavy atom. The van der Waals surface area contributed by atoms with Gasteiger partial charge in [-0.05, 0) is 13.0 Å². The highest BCUT2D eigenvalue weighted by atomic mass is 16.1. The maximum absolute atomic E-state index is 11.1. The smallest absolute Gasteiger partial charge is 0.306 e. The van der Waals surface area contributed by atoms with Gasteiger partial charge in [-0.3, -0.25) is 4.57 Å². The fraction of sp³-hybridized carbons (Fsp3) is 0.364. The summed E-state index contributed by atoms with van der Waals surface area (Å²) in [5, 5.41) is 1.69. The number of aromatic amines is 1. The molecule has 0 radical (unpaired) electrons. The van der Waals surface area contributed by atoms with Gasteiger partial charge in [0.15, 0.2) is 0 Å². The Morgan fingerprint density at radius 3 is 2.43 bits per heavy atom. The third kappa shape index (κ3) is 2.49. The molecule has 0 amide bonds. The number of nitrogens with zero attached hydrogens (tertiary/aromatic N) is 1. The van der Waals surface area contributed by atoms with Crippen molar-refractivity contribution < 1.29 is 0 Å². The van der Waals surface area contributed by atoms with Gasteiger partial charge in [0.2, 0.25) is 0 Å². The van der Waals surface area contributed by atoms with E-state index < -0.39 is 0 Å². The van der Waals surface area contributed by atoms with E-state index in [2.05, 4.69) is 11.6 Å². The minimum absolute atomic E-state index is 0.101. The van der Waals surface area contributed by atoms with Gasteiger partial charge in [-0.2, -0.15) is 0 Å². The van der Waals surface area contributed by atoms with Gasteiger partial charge in [-0.25, -0.2) is 4.79 Å². The molecule has 1 aromatic heterocycles. The van der Waals surface area contributed by atoms with Crippen molar-refractivity contribution in [1.29, 1.82) is 0 Å². The van der Waals surface area contributed by atoms with Crippen LogP contribution in [0.4, 0.5) is 0 Å². The second kappa shape index (κ2) is 6.02. The lowest BCUT2D eigenvalue weighted by Gasteiger charge is -1.84. The van der Waals surface area contributed by atoms with Gasteiger partial charge in [0.05, 0.1) is 10.7 Å². The Morgan fingerprint density at radius 2 is 2.00 bits per heavy atom. The normalized spacial score (nSPS) is 12.3. The van der Waals surface area contributed by atoms with E-state index in [1.54, 1.807) is 23.8 Å². The van der Waals surface area contributed by atoms with Gasteiger partial charge >= 0.3 is 5.69 Å². The predicted octanol–water partition coefficient (Wildman–Crippen LogP) is 0.506. The minimum atomic E-state index is -0.101. The van der Waals surface area contributed by atoms with Crippen molar-refractivity contribution in [1.82, 2.24) is 9.55 Å². The summed E-state index contributed by atoms with van der Waals surface area (Å²) in [5.41, 5.74) is -0.101. The maximum Gasteiger partial charge on any atom is 0.326 e. The molecule has 0 spiro atoms. The molecule has 0 aliphatic rings. The van der Waals surface area contributed by atoms with Crippen molar-refractivity contribution in [3.8, 4) is 0 Å². The van der Waals surface area contributed by atoms with E-state index in [4.69, 9.17) is 0 Å². The van der Waals surface area contributed by atoms with E-state index in [1.807, 2.05) is 26.8 Å². The standard InChI is InChI=1S/C9H12N2O.C2H6/c1-4-6-7-8(5-2)11(3)9(12)10-7;1-2/h4-6H,1H2,2-3H3,(H,10,12);1-2H3/b7-6+,8-5+;. The Hall–Kier alpha value is -1.51. The molecule has 3 heteroatoms. The zero-order valence-electron chi connectivity index (χ0n) is 9.29. The molecular formula is C11H18N2O. The number of H-pyrrole nitrogens is 1. The fourth-order valence-electron chi connectivity index (χ4n) is 1.15. The van der Waals surface area contributed by atoms with Crippen LogP contribution in [0.5, 0.6) is 0 Å². The van der Waals surface area contributed by atoms with Crippen LogP contribution in [0.3, 0.4) is 0 Å². The first-order valence-corrected chi connectivity index (χ1v) is 4.74.